The van der Waals surface area contributed by atoms with Gasteiger partial charge in [-0.15, -0.1) is 0 Å². The molecule has 0 saturated carbocycles. The molecule has 8 nitrogen and oxygen atoms in total. The summed E-state index contributed by atoms with van der Waals surface area (Å²) in [4.78, 5) is 40.1. The van der Waals surface area contributed by atoms with Crippen LogP contribution in [0.15, 0.2) is 47.4 Å². The van der Waals surface area contributed by atoms with E-state index in [1.807, 2.05) is 13.8 Å². The molecule has 3 amide bonds. The number of rotatable bonds is 10. The SMILES string of the molecule is CC(C)CNC(=O)C(C)N(Cc1c(Cl)cccc1Cl)C(=O)CCCN1C(=O)c2ccccc2S1(=O)=O. The van der Waals surface area contributed by atoms with Crippen LogP contribution in [0.5, 0.6) is 0 Å². The van der Waals surface area contributed by atoms with Crippen LogP contribution < -0.4 is 5.32 Å². The van der Waals surface area contributed by atoms with E-state index in [1.165, 1.54) is 17.0 Å². The molecule has 0 saturated heterocycles. The van der Waals surface area contributed by atoms with E-state index in [4.69, 9.17) is 23.2 Å². The van der Waals surface area contributed by atoms with Crippen LogP contribution in [0.25, 0.3) is 0 Å². The highest BCUT2D eigenvalue weighted by molar-refractivity contribution is 7.90. The molecule has 36 heavy (non-hydrogen) atoms. The summed E-state index contributed by atoms with van der Waals surface area (Å²) < 4.78 is 26.3. The maximum atomic E-state index is 13.3. The number of carbonyl (C=O) groups is 3. The molecule has 1 aliphatic heterocycles. The third-order valence-electron chi connectivity index (χ3n) is 5.91. The van der Waals surface area contributed by atoms with Crippen molar-refractivity contribution in [1.29, 1.82) is 0 Å². The lowest BCUT2D eigenvalue weighted by molar-refractivity contribution is -0.140. The number of amides is 3. The monoisotopic (exact) mass is 553 g/mol. The summed E-state index contributed by atoms with van der Waals surface area (Å²) in [6.07, 6.45) is 0.00436. The van der Waals surface area contributed by atoms with Gasteiger partial charge in [-0.3, -0.25) is 14.4 Å². The normalized spacial score (nSPS) is 15.1. The van der Waals surface area contributed by atoms with Crippen molar-refractivity contribution in [2.24, 2.45) is 5.92 Å². The second kappa shape index (κ2) is 11.6. The molecule has 1 atom stereocenters. The van der Waals surface area contributed by atoms with E-state index in [9.17, 15) is 22.8 Å². The molecule has 11 heteroatoms. The van der Waals surface area contributed by atoms with Crippen molar-refractivity contribution in [2.75, 3.05) is 13.1 Å². The van der Waals surface area contributed by atoms with Gasteiger partial charge in [-0.25, -0.2) is 12.7 Å². The lowest BCUT2D eigenvalue weighted by Gasteiger charge is -2.30. The van der Waals surface area contributed by atoms with Crippen molar-refractivity contribution in [1.82, 2.24) is 14.5 Å². The van der Waals surface area contributed by atoms with Crippen LogP contribution in [0.1, 0.15) is 49.5 Å². The van der Waals surface area contributed by atoms with Gasteiger partial charge in [0.25, 0.3) is 15.9 Å². The van der Waals surface area contributed by atoms with E-state index in [2.05, 4.69) is 5.32 Å². The van der Waals surface area contributed by atoms with Gasteiger partial charge in [0.05, 0.1) is 5.56 Å². The lowest BCUT2D eigenvalue weighted by Crippen LogP contribution is -2.48. The molecular weight excluding hydrogens is 525 g/mol. The Bertz CT molecular complexity index is 1250. The maximum absolute atomic E-state index is 13.3. The van der Waals surface area contributed by atoms with Crippen LogP contribution in [-0.2, 0) is 26.2 Å². The van der Waals surface area contributed by atoms with Gasteiger partial charge < -0.3 is 10.2 Å². The second-order valence-electron chi connectivity index (χ2n) is 9.02. The molecule has 0 fully saturated rings. The first-order valence-electron chi connectivity index (χ1n) is 11.6. The highest BCUT2D eigenvalue weighted by Gasteiger charge is 2.40. The maximum Gasteiger partial charge on any atom is 0.269 e. The Morgan fingerprint density at radius 3 is 2.28 bits per heavy atom. The predicted molar refractivity (Wildman–Crippen MR) is 138 cm³/mol. The van der Waals surface area contributed by atoms with Crippen LogP contribution >= 0.6 is 23.2 Å². The van der Waals surface area contributed by atoms with E-state index >= 15 is 0 Å². The standard InChI is InChI=1S/C25H29Cl2N3O5S/c1-16(2)14-28-24(32)17(3)29(15-19-20(26)9-6-10-21(19)27)23(31)12-7-13-30-25(33)18-8-4-5-11-22(18)36(30,34)35/h4-6,8-11,16-17H,7,12-15H2,1-3H3,(H,28,32). The summed E-state index contributed by atoms with van der Waals surface area (Å²) in [6, 6.07) is 10.2. The minimum atomic E-state index is -3.96. The number of hydrogen-bond acceptors (Lipinski definition) is 5. The predicted octanol–water partition coefficient (Wildman–Crippen LogP) is 4.11. The van der Waals surface area contributed by atoms with Crippen LogP contribution in [0.4, 0.5) is 0 Å². The van der Waals surface area contributed by atoms with Crippen molar-refractivity contribution >= 4 is 50.9 Å². The Morgan fingerprint density at radius 2 is 1.67 bits per heavy atom. The second-order valence-corrected chi connectivity index (χ2v) is 11.7. The molecule has 0 aromatic heterocycles. The fourth-order valence-electron chi connectivity index (χ4n) is 3.86. The highest BCUT2D eigenvalue weighted by atomic mass is 35.5. The van der Waals surface area contributed by atoms with Gasteiger partial charge in [-0.2, -0.15) is 0 Å². The zero-order chi connectivity index (χ0) is 26.6. The molecule has 3 rings (SSSR count). The number of nitrogens with zero attached hydrogens (tertiary/aromatic N) is 2. The molecule has 1 heterocycles. The Kier molecular flexibility index (Phi) is 9.03. The third kappa shape index (κ3) is 6.02. The molecule has 194 valence electrons. The Hall–Kier alpha value is -2.62. The summed E-state index contributed by atoms with van der Waals surface area (Å²) in [5.74, 6) is -1.10. The van der Waals surface area contributed by atoms with E-state index in [0.29, 0.717) is 22.2 Å². The van der Waals surface area contributed by atoms with Gasteiger partial charge in [-0.05, 0) is 43.5 Å². The lowest BCUT2D eigenvalue weighted by atomic mass is 10.1. The molecule has 2 aromatic rings. The minimum absolute atomic E-state index is 0.00000996. The highest BCUT2D eigenvalue weighted by Crippen LogP contribution is 2.30. The van der Waals surface area contributed by atoms with Crippen molar-refractivity contribution in [3.05, 3.63) is 63.6 Å². The molecule has 0 bridgehead atoms. The first-order valence-corrected chi connectivity index (χ1v) is 13.8. The number of hydrogen-bond donors (Lipinski definition) is 1. The number of sulfonamides is 1. The number of halogens is 2. The summed E-state index contributed by atoms with van der Waals surface area (Å²) >= 11 is 12.6. The van der Waals surface area contributed by atoms with Crippen LogP contribution in [0.3, 0.4) is 0 Å². The largest absolute Gasteiger partial charge is 0.354 e. The van der Waals surface area contributed by atoms with Gasteiger partial charge in [0, 0.05) is 41.7 Å². The smallest absolute Gasteiger partial charge is 0.269 e. The Morgan fingerprint density at radius 1 is 1.03 bits per heavy atom. The van der Waals surface area contributed by atoms with E-state index < -0.39 is 22.0 Å². The topological polar surface area (TPSA) is 104 Å². The summed E-state index contributed by atoms with van der Waals surface area (Å²) in [6.45, 7) is 5.83. The van der Waals surface area contributed by atoms with Crippen LogP contribution in [0, 0.1) is 5.92 Å². The van der Waals surface area contributed by atoms with E-state index in [0.717, 1.165) is 4.31 Å². The number of benzene rings is 2. The van der Waals surface area contributed by atoms with E-state index in [1.54, 1.807) is 37.3 Å². The summed E-state index contributed by atoms with van der Waals surface area (Å²) in [5.41, 5.74) is 0.625. The van der Waals surface area contributed by atoms with Gasteiger partial charge in [-0.1, -0.05) is 55.2 Å². The molecule has 1 N–H and O–H groups in total. The molecule has 2 aromatic carbocycles. The molecule has 1 unspecified atom stereocenters. The Balaban J connectivity index is 1.74. The molecular formula is C25H29Cl2N3O5S. The zero-order valence-corrected chi connectivity index (χ0v) is 22.7. The summed E-state index contributed by atoms with van der Waals surface area (Å²) in [7, 11) is -3.96. The van der Waals surface area contributed by atoms with Gasteiger partial charge in [0.15, 0.2) is 0 Å². The van der Waals surface area contributed by atoms with Crippen molar-refractivity contribution in [3.63, 3.8) is 0 Å². The van der Waals surface area contributed by atoms with Crippen molar-refractivity contribution in [2.45, 2.75) is 51.1 Å². The average molecular weight is 554 g/mol. The van der Waals surface area contributed by atoms with Crippen LogP contribution in [0.2, 0.25) is 10.0 Å². The molecule has 1 aliphatic rings. The van der Waals surface area contributed by atoms with Crippen LogP contribution in [-0.4, -0.2) is 54.5 Å². The molecule has 0 aliphatic carbocycles. The average Bonchev–Trinajstić information content (AvgIpc) is 3.02. The van der Waals surface area contributed by atoms with Crippen molar-refractivity contribution in [3.8, 4) is 0 Å². The quantitative estimate of drug-likeness (QED) is 0.476. The minimum Gasteiger partial charge on any atom is -0.354 e. The molecule has 0 radical (unpaired) electrons. The molecule has 0 spiro atoms. The zero-order valence-electron chi connectivity index (χ0n) is 20.3. The number of fused-ring (bicyclic) bond motifs is 1. The number of nitrogens with one attached hydrogen (secondary N) is 1. The fraction of sp³-hybridized carbons (Fsp3) is 0.400. The van der Waals surface area contributed by atoms with Gasteiger partial charge in [0.2, 0.25) is 11.8 Å². The number of carbonyl (C=O) groups excluding carboxylic acids is 3. The van der Waals surface area contributed by atoms with Gasteiger partial charge >= 0.3 is 0 Å². The van der Waals surface area contributed by atoms with Crippen molar-refractivity contribution < 1.29 is 22.8 Å². The fourth-order valence-corrected chi connectivity index (χ4v) is 5.98. The first-order chi connectivity index (χ1) is 16.9. The van der Waals surface area contributed by atoms with Gasteiger partial charge in [0.1, 0.15) is 10.9 Å². The summed E-state index contributed by atoms with van der Waals surface area (Å²) in [5, 5.41) is 3.55. The van der Waals surface area contributed by atoms with E-state index in [-0.39, 0.29) is 54.1 Å². The Labute approximate surface area is 221 Å². The first kappa shape index (κ1) is 28.0. The third-order valence-corrected chi connectivity index (χ3v) is 8.45.